The van der Waals surface area contributed by atoms with Crippen LogP contribution in [0.1, 0.15) is 20.7 Å². The quantitative estimate of drug-likeness (QED) is 0.390. The minimum atomic E-state index is -0.466. The second-order valence-corrected chi connectivity index (χ2v) is 5.93. The van der Waals surface area contributed by atoms with E-state index in [1.807, 2.05) is 12.1 Å². The Balaban J connectivity index is 0.000000444. The maximum Gasteiger partial charge on any atom is 0.233 e. The zero-order valence-electron chi connectivity index (χ0n) is 10.4. The molecule has 0 fully saturated rings. The first-order valence-corrected chi connectivity index (χ1v) is 6.93. The lowest BCUT2D eigenvalue weighted by atomic mass is 10.0. The summed E-state index contributed by atoms with van der Waals surface area (Å²) in [4.78, 5) is 23.6. The molecule has 0 aliphatic rings. The fourth-order valence-corrected chi connectivity index (χ4v) is 1.44. The molecule has 2 aromatic rings. The molecule has 0 radical (unpaired) electrons. The monoisotopic (exact) mass is 320 g/mol. The van der Waals surface area contributed by atoms with Crippen LogP contribution in [0, 0.1) is 0 Å². The number of thiocarbonyl (C=S) groups is 1. The molecule has 0 aliphatic heterocycles. The van der Waals surface area contributed by atoms with Gasteiger partial charge in [-0.25, -0.2) is 0 Å². The average Bonchev–Trinajstić information content (AvgIpc) is 2.47. The number of thiol groups is 2. The van der Waals surface area contributed by atoms with E-state index in [1.165, 1.54) is 0 Å². The van der Waals surface area contributed by atoms with Crippen molar-refractivity contribution in [1.82, 2.24) is 0 Å². The highest BCUT2D eigenvalue weighted by molar-refractivity contribution is 8.34. The van der Waals surface area contributed by atoms with E-state index in [9.17, 15) is 9.59 Å². The average molecular weight is 320 g/mol. The van der Waals surface area contributed by atoms with Crippen molar-refractivity contribution < 1.29 is 9.59 Å². The summed E-state index contributed by atoms with van der Waals surface area (Å²) >= 11 is 11.4. The molecule has 102 valence electrons. The third kappa shape index (κ3) is 5.69. The summed E-state index contributed by atoms with van der Waals surface area (Å²) in [6, 6.07) is 17.2. The molecule has 0 atom stereocenters. The van der Waals surface area contributed by atoms with Crippen molar-refractivity contribution in [3.05, 3.63) is 71.8 Å². The predicted octanol–water partition coefficient (Wildman–Crippen LogP) is 3.88. The van der Waals surface area contributed by atoms with E-state index in [-0.39, 0.29) is 0 Å². The molecule has 20 heavy (non-hydrogen) atoms. The van der Waals surface area contributed by atoms with E-state index in [0.29, 0.717) is 14.7 Å². The Hall–Kier alpha value is -1.43. The van der Waals surface area contributed by atoms with Crippen LogP contribution >= 0.6 is 37.5 Å². The first-order chi connectivity index (χ1) is 9.52. The van der Waals surface area contributed by atoms with Crippen LogP contribution in [0.2, 0.25) is 0 Å². The minimum Gasteiger partial charge on any atom is -0.285 e. The van der Waals surface area contributed by atoms with Gasteiger partial charge in [-0.15, -0.1) is 25.3 Å². The van der Waals surface area contributed by atoms with E-state index < -0.39 is 11.6 Å². The van der Waals surface area contributed by atoms with Crippen LogP contribution in [-0.4, -0.2) is 15.1 Å². The molecular formula is C15H12O2S3. The molecule has 5 heteroatoms. The largest absolute Gasteiger partial charge is 0.285 e. The first-order valence-electron chi connectivity index (χ1n) is 5.63. The lowest BCUT2D eigenvalue weighted by molar-refractivity contribution is 0.0817. The van der Waals surface area contributed by atoms with Gasteiger partial charge in [-0.1, -0.05) is 72.9 Å². The summed E-state index contributed by atoms with van der Waals surface area (Å²) in [5, 5.41) is 0. The van der Waals surface area contributed by atoms with Crippen LogP contribution in [0.5, 0.6) is 0 Å². The van der Waals surface area contributed by atoms with E-state index in [0.717, 1.165) is 0 Å². The molecule has 0 N–H and O–H groups in total. The highest BCUT2D eigenvalue weighted by Gasteiger charge is 2.16. The van der Waals surface area contributed by atoms with E-state index in [1.54, 1.807) is 48.5 Å². The van der Waals surface area contributed by atoms with E-state index >= 15 is 0 Å². The number of hydrogen-bond donors (Lipinski definition) is 2. The molecule has 0 saturated carbocycles. The van der Waals surface area contributed by atoms with Gasteiger partial charge in [0.05, 0.1) is 3.53 Å². The van der Waals surface area contributed by atoms with Crippen LogP contribution in [-0.2, 0) is 0 Å². The molecule has 0 amide bonds. The van der Waals surface area contributed by atoms with Crippen molar-refractivity contribution in [2.24, 2.45) is 0 Å². The van der Waals surface area contributed by atoms with Gasteiger partial charge in [-0.3, -0.25) is 9.59 Å². The van der Waals surface area contributed by atoms with Gasteiger partial charge in [-0.05, 0) is 0 Å². The highest BCUT2D eigenvalue weighted by atomic mass is 32.2. The van der Waals surface area contributed by atoms with Gasteiger partial charge in [0.1, 0.15) is 0 Å². The zero-order valence-corrected chi connectivity index (χ0v) is 13.0. The van der Waals surface area contributed by atoms with Gasteiger partial charge in [0.25, 0.3) is 0 Å². The Morgan fingerprint density at radius 1 is 0.700 bits per heavy atom. The Morgan fingerprint density at radius 3 is 1.20 bits per heavy atom. The third-order valence-electron chi connectivity index (χ3n) is 2.28. The molecule has 0 unspecified atom stereocenters. The van der Waals surface area contributed by atoms with Crippen molar-refractivity contribution in [1.29, 1.82) is 0 Å². The van der Waals surface area contributed by atoms with Crippen LogP contribution in [0.15, 0.2) is 60.7 Å². The number of hydrogen-bond acceptors (Lipinski definition) is 3. The van der Waals surface area contributed by atoms with E-state index in [2.05, 4.69) is 37.5 Å². The summed E-state index contributed by atoms with van der Waals surface area (Å²) in [6.45, 7) is 0. The highest BCUT2D eigenvalue weighted by Crippen LogP contribution is 2.07. The molecule has 0 bridgehead atoms. The maximum absolute atomic E-state index is 11.8. The van der Waals surface area contributed by atoms with Gasteiger partial charge in [0.15, 0.2) is 0 Å². The maximum atomic E-state index is 11.8. The Kier molecular flexibility index (Phi) is 7.22. The van der Waals surface area contributed by atoms with Gasteiger partial charge in [-0.2, -0.15) is 0 Å². The minimum absolute atomic E-state index is 0.389. The smallest absolute Gasteiger partial charge is 0.233 e. The first kappa shape index (κ1) is 16.6. The molecular weight excluding hydrogens is 308 g/mol. The third-order valence-corrected chi connectivity index (χ3v) is 2.28. The second-order valence-electron chi connectivity index (χ2n) is 3.67. The van der Waals surface area contributed by atoms with Crippen molar-refractivity contribution in [3.63, 3.8) is 0 Å². The number of carbonyl (C=O) groups excluding carboxylic acids is 2. The Labute approximate surface area is 134 Å². The number of Topliss-reactive ketones (excluding diaryl/α,β-unsaturated/α-hetero) is 2. The fourth-order valence-electron chi connectivity index (χ4n) is 1.44. The molecule has 0 aliphatic carbocycles. The van der Waals surface area contributed by atoms with Crippen molar-refractivity contribution >= 4 is 52.6 Å². The normalized spacial score (nSPS) is 9.10. The molecule has 0 spiro atoms. The molecule has 2 rings (SSSR count). The van der Waals surface area contributed by atoms with Gasteiger partial charge in [0.2, 0.25) is 11.6 Å². The van der Waals surface area contributed by atoms with Crippen LogP contribution in [0.25, 0.3) is 0 Å². The zero-order chi connectivity index (χ0) is 15.0. The fraction of sp³-hybridized carbons (Fsp3) is 0. The molecule has 0 saturated heterocycles. The van der Waals surface area contributed by atoms with Gasteiger partial charge < -0.3 is 0 Å². The van der Waals surface area contributed by atoms with Crippen molar-refractivity contribution in [2.45, 2.75) is 0 Å². The second kappa shape index (κ2) is 8.68. The van der Waals surface area contributed by atoms with Crippen LogP contribution in [0.3, 0.4) is 0 Å². The summed E-state index contributed by atoms with van der Waals surface area (Å²) < 4.78 is 0.389. The van der Waals surface area contributed by atoms with Crippen molar-refractivity contribution in [3.8, 4) is 0 Å². The number of rotatable bonds is 3. The summed E-state index contributed by atoms with van der Waals surface area (Å²) in [5.74, 6) is -0.932. The molecule has 0 heterocycles. The van der Waals surface area contributed by atoms with E-state index in [4.69, 9.17) is 0 Å². The molecule has 0 aromatic heterocycles. The van der Waals surface area contributed by atoms with Gasteiger partial charge in [0, 0.05) is 11.1 Å². The number of benzene rings is 2. The predicted molar refractivity (Wildman–Crippen MR) is 92.1 cm³/mol. The number of ketones is 2. The summed E-state index contributed by atoms with van der Waals surface area (Å²) in [5.41, 5.74) is 0.854. The standard InChI is InChI=1S/C14H10O2.CH2S3/c15-13(11-7-3-1-4-8-11)14(16)12-9-5-2-6-10-12;2-1(3)4/h1-10H;(H2,2,3,4). The SMILES string of the molecule is O=C(C(=O)c1ccccc1)c1ccccc1.S=C(S)S. The van der Waals surface area contributed by atoms with Crippen molar-refractivity contribution in [2.75, 3.05) is 0 Å². The Morgan fingerprint density at radius 2 is 0.950 bits per heavy atom. The lowest BCUT2D eigenvalue weighted by Crippen LogP contribution is -2.14. The summed E-state index contributed by atoms with van der Waals surface area (Å²) in [6.07, 6.45) is 0. The topological polar surface area (TPSA) is 34.1 Å². The molecule has 2 nitrogen and oxygen atoms in total. The van der Waals surface area contributed by atoms with Gasteiger partial charge >= 0.3 is 0 Å². The lowest BCUT2D eigenvalue weighted by Gasteiger charge is -1.99. The molecule has 2 aromatic carbocycles. The number of carbonyl (C=O) groups is 2. The Bertz CT molecular complexity index is 542. The summed E-state index contributed by atoms with van der Waals surface area (Å²) in [7, 11) is 0. The van der Waals surface area contributed by atoms with Crippen LogP contribution in [0.4, 0.5) is 0 Å². The van der Waals surface area contributed by atoms with Crippen LogP contribution < -0.4 is 0 Å².